The Kier molecular flexibility index (Phi) is 3.61. The molecule has 0 aromatic heterocycles. The third kappa shape index (κ3) is 2.20. The number of carbonyl (C=O) groups is 2. The highest BCUT2D eigenvalue weighted by molar-refractivity contribution is 6.05. The van der Waals surface area contributed by atoms with Crippen molar-refractivity contribution >= 4 is 11.8 Å². The van der Waals surface area contributed by atoms with E-state index in [2.05, 4.69) is 0 Å². The van der Waals surface area contributed by atoms with Gasteiger partial charge in [-0.2, -0.15) is 0 Å². The number of hydrogen-bond acceptors (Lipinski definition) is 3. The first-order valence-electron chi connectivity index (χ1n) is 7.68. The summed E-state index contributed by atoms with van der Waals surface area (Å²) >= 11 is 0. The minimum atomic E-state index is -0.0244. The van der Waals surface area contributed by atoms with Crippen LogP contribution in [0.2, 0.25) is 0 Å². The van der Waals surface area contributed by atoms with E-state index < -0.39 is 0 Å². The monoisotopic (exact) mass is 265 g/mol. The summed E-state index contributed by atoms with van der Waals surface area (Å²) in [6.45, 7) is 0.740. The standard InChI is InChI=1S/C15H23NO3/c17-9-11-5-2-1-4-10(11)8-16-14(18)12-6-3-7-13(12)15(16)19/h10-13,17H,1-9H2. The van der Waals surface area contributed by atoms with Crippen molar-refractivity contribution in [1.29, 1.82) is 0 Å². The number of likely N-dealkylation sites (tertiary alicyclic amines) is 1. The summed E-state index contributed by atoms with van der Waals surface area (Å²) in [4.78, 5) is 26.1. The lowest BCUT2D eigenvalue weighted by molar-refractivity contribution is -0.141. The van der Waals surface area contributed by atoms with Crippen molar-refractivity contribution in [3.05, 3.63) is 0 Å². The van der Waals surface area contributed by atoms with Crippen LogP contribution >= 0.6 is 0 Å². The van der Waals surface area contributed by atoms with Gasteiger partial charge in [-0.3, -0.25) is 14.5 Å². The third-order valence-electron chi connectivity index (χ3n) is 5.40. The first-order chi connectivity index (χ1) is 9.22. The predicted octanol–water partition coefficient (Wildman–Crippen LogP) is 1.57. The molecule has 2 amide bonds. The van der Waals surface area contributed by atoms with Crippen LogP contribution in [-0.2, 0) is 9.59 Å². The van der Waals surface area contributed by atoms with Crippen LogP contribution in [0.1, 0.15) is 44.9 Å². The minimum Gasteiger partial charge on any atom is -0.396 e. The van der Waals surface area contributed by atoms with Crippen LogP contribution in [0, 0.1) is 23.7 Å². The summed E-state index contributed by atoms with van der Waals surface area (Å²) in [5.41, 5.74) is 0. The van der Waals surface area contributed by atoms with Gasteiger partial charge in [0.25, 0.3) is 0 Å². The van der Waals surface area contributed by atoms with Gasteiger partial charge < -0.3 is 5.11 Å². The average Bonchev–Trinajstić information content (AvgIpc) is 2.99. The second-order valence-corrected chi connectivity index (χ2v) is 6.42. The maximum Gasteiger partial charge on any atom is 0.233 e. The van der Waals surface area contributed by atoms with E-state index in [4.69, 9.17) is 0 Å². The lowest BCUT2D eigenvalue weighted by Crippen LogP contribution is -2.40. The van der Waals surface area contributed by atoms with Crippen LogP contribution in [0.5, 0.6) is 0 Å². The molecule has 0 bridgehead atoms. The molecule has 3 fully saturated rings. The second kappa shape index (κ2) is 5.23. The molecular weight excluding hydrogens is 242 g/mol. The molecule has 3 rings (SSSR count). The van der Waals surface area contributed by atoms with Gasteiger partial charge >= 0.3 is 0 Å². The van der Waals surface area contributed by atoms with Crippen molar-refractivity contribution in [3.63, 3.8) is 0 Å². The SMILES string of the molecule is O=C1C2CCCC2C(=O)N1CC1CCCCC1CO. The summed E-state index contributed by atoms with van der Waals surface area (Å²) in [5, 5.41) is 9.44. The van der Waals surface area contributed by atoms with Gasteiger partial charge in [0.05, 0.1) is 11.8 Å². The van der Waals surface area contributed by atoms with Crippen LogP contribution in [-0.4, -0.2) is 35.0 Å². The molecule has 2 saturated carbocycles. The number of aliphatic hydroxyl groups excluding tert-OH is 1. The number of amides is 2. The van der Waals surface area contributed by atoms with Crippen molar-refractivity contribution < 1.29 is 14.7 Å². The van der Waals surface area contributed by atoms with Crippen molar-refractivity contribution in [2.75, 3.05) is 13.2 Å². The van der Waals surface area contributed by atoms with Crippen molar-refractivity contribution in [1.82, 2.24) is 4.90 Å². The number of nitrogens with zero attached hydrogens (tertiary/aromatic N) is 1. The van der Waals surface area contributed by atoms with Gasteiger partial charge in [-0.05, 0) is 37.5 Å². The first-order valence-corrected chi connectivity index (χ1v) is 7.68. The fraction of sp³-hybridized carbons (Fsp3) is 0.867. The fourth-order valence-corrected chi connectivity index (χ4v) is 4.24. The zero-order chi connectivity index (χ0) is 13.4. The van der Waals surface area contributed by atoms with Crippen molar-refractivity contribution in [2.45, 2.75) is 44.9 Å². The smallest absolute Gasteiger partial charge is 0.233 e. The van der Waals surface area contributed by atoms with E-state index in [0.717, 1.165) is 44.9 Å². The summed E-state index contributed by atoms with van der Waals surface area (Å²) in [6, 6.07) is 0. The summed E-state index contributed by atoms with van der Waals surface area (Å²) < 4.78 is 0. The Hall–Kier alpha value is -0.900. The molecule has 1 saturated heterocycles. The normalized spacial score (nSPS) is 38.9. The van der Waals surface area contributed by atoms with E-state index >= 15 is 0 Å². The quantitative estimate of drug-likeness (QED) is 0.788. The molecule has 2 aliphatic carbocycles. The molecule has 1 aliphatic heterocycles. The molecule has 3 aliphatic rings. The Morgan fingerprint density at radius 1 is 0.895 bits per heavy atom. The Labute approximate surface area is 114 Å². The third-order valence-corrected chi connectivity index (χ3v) is 5.40. The van der Waals surface area contributed by atoms with Crippen LogP contribution in [0.25, 0.3) is 0 Å². The van der Waals surface area contributed by atoms with Gasteiger partial charge in [-0.25, -0.2) is 0 Å². The molecule has 4 nitrogen and oxygen atoms in total. The molecule has 0 aromatic carbocycles. The lowest BCUT2D eigenvalue weighted by Gasteiger charge is -2.32. The maximum atomic E-state index is 12.3. The number of rotatable bonds is 3. The Balaban J connectivity index is 1.69. The molecular formula is C15H23NO3. The van der Waals surface area contributed by atoms with Gasteiger partial charge in [0.2, 0.25) is 11.8 Å². The number of aliphatic hydroxyl groups is 1. The van der Waals surface area contributed by atoms with E-state index in [1.807, 2.05) is 0 Å². The zero-order valence-electron chi connectivity index (χ0n) is 11.4. The summed E-state index contributed by atoms with van der Waals surface area (Å²) in [6.07, 6.45) is 7.18. The summed E-state index contributed by atoms with van der Waals surface area (Å²) in [5.74, 6) is 0.664. The molecule has 0 aromatic rings. The molecule has 4 heteroatoms. The predicted molar refractivity (Wildman–Crippen MR) is 70.1 cm³/mol. The minimum absolute atomic E-state index is 0.0244. The first kappa shape index (κ1) is 13.1. The van der Waals surface area contributed by atoms with Gasteiger partial charge in [-0.15, -0.1) is 0 Å². The second-order valence-electron chi connectivity index (χ2n) is 6.42. The molecule has 0 spiro atoms. The van der Waals surface area contributed by atoms with Crippen molar-refractivity contribution in [3.8, 4) is 0 Å². The van der Waals surface area contributed by atoms with Gasteiger partial charge in [0, 0.05) is 13.2 Å². The van der Waals surface area contributed by atoms with E-state index in [9.17, 15) is 14.7 Å². The molecule has 4 atom stereocenters. The average molecular weight is 265 g/mol. The molecule has 1 N–H and O–H groups in total. The molecule has 0 radical (unpaired) electrons. The van der Waals surface area contributed by atoms with Crippen LogP contribution in [0.3, 0.4) is 0 Å². The van der Waals surface area contributed by atoms with E-state index in [0.29, 0.717) is 12.5 Å². The topological polar surface area (TPSA) is 57.6 Å². The van der Waals surface area contributed by atoms with Gasteiger partial charge in [0.15, 0.2) is 0 Å². The largest absolute Gasteiger partial charge is 0.396 e. The van der Waals surface area contributed by atoms with Crippen LogP contribution in [0.4, 0.5) is 0 Å². The lowest BCUT2D eigenvalue weighted by atomic mass is 9.79. The Bertz CT molecular complexity index is 360. The molecule has 19 heavy (non-hydrogen) atoms. The summed E-state index contributed by atoms with van der Waals surface area (Å²) in [7, 11) is 0. The van der Waals surface area contributed by atoms with E-state index in [1.165, 1.54) is 4.90 Å². The zero-order valence-corrected chi connectivity index (χ0v) is 11.4. The number of hydrogen-bond donors (Lipinski definition) is 1. The van der Waals surface area contributed by atoms with Gasteiger partial charge in [0.1, 0.15) is 0 Å². The Morgan fingerprint density at radius 2 is 1.47 bits per heavy atom. The number of fused-ring (bicyclic) bond motifs is 1. The van der Waals surface area contributed by atoms with Crippen LogP contribution < -0.4 is 0 Å². The fourth-order valence-electron chi connectivity index (χ4n) is 4.24. The van der Waals surface area contributed by atoms with Gasteiger partial charge in [-0.1, -0.05) is 19.3 Å². The van der Waals surface area contributed by atoms with Crippen LogP contribution in [0.15, 0.2) is 0 Å². The highest BCUT2D eigenvalue weighted by Crippen LogP contribution is 2.41. The molecule has 4 unspecified atom stereocenters. The highest BCUT2D eigenvalue weighted by Gasteiger charge is 2.50. The number of carbonyl (C=O) groups excluding carboxylic acids is 2. The molecule has 1 heterocycles. The number of imide groups is 1. The highest BCUT2D eigenvalue weighted by atomic mass is 16.3. The van der Waals surface area contributed by atoms with E-state index in [-0.39, 0.29) is 36.2 Å². The molecule has 106 valence electrons. The van der Waals surface area contributed by atoms with E-state index in [1.54, 1.807) is 0 Å². The maximum absolute atomic E-state index is 12.3. The van der Waals surface area contributed by atoms with Crippen molar-refractivity contribution in [2.24, 2.45) is 23.7 Å². The Morgan fingerprint density at radius 3 is 2.05 bits per heavy atom.